The van der Waals surface area contributed by atoms with Crippen LogP contribution in [-0.2, 0) is 0 Å². The SMILES string of the molecule is N#CC1(Cl)N=CC=C(Cl)N1. The summed E-state index contributed by atoms with van der Waals surface area (Å²) in [5.41, 5.74) is 0. The lowest BCUT2D eigenvalue weighted by atomic mass is 10.4. The van der Waals surface area contributed by atoms with Gasteiger partial charge in [-0.1, -0.05) is 23.2 Å². The Hall–Kier alpha value is -0.720. The summed E-state index contributed by atoms with van der Waals surface area (Å²) in [6, 6.07) is 1.74. The third-order valence-corrected chi connectivity index (χ3v) is 1.40. The van der Waals surface area contributed by atoms with Crippen LogP contribution in [-0.4, -0.2) is 11.3 Å². The normalized spacial score (nSPS) is 30.3. The van der Waals surface area contributed by atoms with Crippen molar-refractivity contribution in [3.05, 3.63) is 11.2 Å². The summed E-state index contributed by atoms with van der Waals surface area (Å²) in [6.45, 7) is 0. The molecule has 3 nitrogen and oxygen atoms in total. The van der Waals surface area contributed by atoms with Crippen molar-refractivity contribution in [2.24, 2.45) is 4.99 Å². The average molecular weight is 176 g/mol. The largest absolute Gasteiger partial charge is 0.327 e. The summed E-state index contributed by atoms with van der Waals surface area (Å²) in [6.07, 6.45) is 2.90. The Morgan fingerprint density at radius 2 is 2.50 bits per heavy atom. The lowest BCUT2D eigenvalue weighted by molar-refractivity contribution is 0.663. The molecule has 5 heteroatoms. The molecule has 1 atom stereocenters. The van der Waals surface area contributed by atoms with Gasteiger partial charge in [0, 0.05) is 6.21 Å². The van der Waals surface area contributed by atoms with Crippen LogP contribution in [0.25, 0.3) is 0 Å². The van der Waals surface area contributed by atoms with Gasteiger partial charge in [-0.3, -0.25) is 0 Å². The second kappa shape index (κ2) is 2.49. The van der Waals surface area contributed by atoms with E-state index < -0.39 is 5.12 Å². The minimum Gasteiger partial charge on any atom is -0.327 e. The molecular formula is C5H3Cl2N3. The number of hydrogen-bond acceptors (Lipinski definition) is 3. The standard InChI is InChI=1S/C5H3Cl2N3/c6-4-1-2-9-5(7,3-8)10-4/h1-2,10H. The van der Waals surface area contributed by atoms with Crippen molar-refractivity contribution in [3.63, 3.8) is 0 Å². The van der Waals surface area contributed by atoms with Gasteiger partial charge in [-0.05, 0) is 6.08 Å². The van der Waals surface area contributed by atoms with Gasteiger partial charge in [-0.2, -0.15) is 5.26 Å². The Bertz CT molecular complexity index is 240. The van der Waals surface area contributed by atoms with E-state index in [0.717, 1.165) is 0 Å². The van der Waals surface area contributed by atoms with Crippen LogP contribution in [0.3, 0.4) is 0 Å². The first kappa shape index (κ1) is 7.39. The van der Waals surface area contributed by atoms with Crippen molar-refractivity contribution in [3.8, 4) is 6.07 Å². The van der Waals surface area contributed by atoms with Gasteiger partial charge < -0.3 is 5.32 Å². The molecule has 0 aromatic heterocycles. The molecule has 1 rings (SSSR count). The van der Waals surface area contributed by atoms with E-state index in [1.165, 1.54) is 12.3 Å². The summed E-state index contributed by atoms with van der Waals surface area (Å²) >= 11 is 11.1. The van der Waals surface area contributed by atoms with Crippen molar-refractivity contribution >= 4 is 29.4 Å². The molecule has 0 amide bonds. The maximum atomic E-state index is 8.42. The molecular weight excluding hydrogens is 173 g/mol. The van der Waals surface area contributed by atoms with E-state index in [-0.39, 0.29) is 0 Å². The highest BCUT2D eigenvalue weighted by molar-refractivity contribution is 6.32. The third-order valence-electron chi connectivity index (χ3n) is 0.907. The number of nitrogens with zero attached hydrogens (tertiary/aromatic N) is 2. The monoisotopic (exact) mass is 175 g/mol. The zero-order valence-corrected chi connectivity index (χ0v) is 6.32. The maximum Gasteiger partial charge on any atom is 0.297 e. The van der Waals surface area contributed by atoms with Crippen LogP contribution >= 0.6 is 23.2 Å². The quantitative estimate of drug-likeness (QED) is 0.444. The molecule has 1 N–H and O–H groups in total. The minimum absolute atomic E-state index is 0.312. The third kappa shape index (κ3) is 1.41. The molecule has 10 heavy (non-hydrogen) atoms. The van der Waals surface area contributed by atoms with Gasteiger partial charge in [-0.15, -0.1) is 0 Å². The van der Waals surface area contributed by atoms with Crippen molar-refractivity contribution in [1.82, 2.24) is 5.32 Å². The van der Waals surface area contributed by atoms with Gasteiger partial charge in [0.25, 0.3) is 5.12 Å². The van der Waals surface area contributed by atoms with Gasteiger partial charge in [0.05, 0.1) is 0 Å². The average Bonchev–Trinajstić information content (AvgIpc) is 1.88. The number of aliphatic imine (C=N–C) groups is 1. The van der Waals surface area contributed by atoms with Crippen molar-refractivity contribution < 1.29 is 0 Å². The summed E-state index contributed by atoms with van der Waals surface area (Å²) in [7, 11) is 0. The van der Waals surface area contributed by atoms with E-state index in [4.69, 9.17) is 28.5 Å². The Balaban J connectivity index is 2.84. The zero-order valence-electron chi connectivity index (χ0n) is 4.81. The molecule has 1 heterocycles. The molecule has 0 aromatic carbocycles. The van der Waals surface area contributed by atoms with E-state index in [0.29, 0.717) is 5.16 Å². The maximum absolute atomic E-state index is 8.42. The molecule has 0 spiro atoms. The Morgan fingerprint density at radius 1 is 1.80 bits per heavy atom. The van der Waals surface area contributed by atoms with Crippen LogP contribution in [0.4, 0.5) is 0 Å². The van der Waals surface area contributed by atoms with Crippen LogP contribution < -0.4 is 5.32 Å². The summed E-state index contributed by atoms with van der Waals surface area (Å²) in [5, 5.41) is 9.80. The Morgan fingerprint density at radius 3 is 2.90 bits per heavy atom. The van der Waals surface area contributed by atoms with Gasteiger partial charge in [0.1, 0.15) is 11.2 Å². The van der Waals surface area contributed by atoms with Gasteiger partial charge in [-0.25, -0.2) is 4.99 Å². The molecule has 0 aromatic rings. The Kier molecular flexibility index (Phi) is 1.84. The van der Waals surface area contributed by atoms with Gasteiger partial charge in [0.15, 0.2) is 0 Å². The summed E-state index contributed by atoms with van der Waals surface area (Å²) in [5.74, 6) is 0. The molecule has 1 aliphatic heterocycles. The Labute approximate surface area is 67.9 Å². The first-order valence-electron chi connectivity index (χ1n) is 2.46. The number of rotatable bonds is 0. The zero-order chi connectivity index (χ0) is 7.61. The minimum atomic E-state index is -1.41. The molecule has 0 saturated heterocycles. The fourth-order valence-corrected chi connectivity index (χ4v) is 0.894. The molecule has 1 unspecified atom stereocenters. The first-order chi connectivity index (χ1) is 4.66. The van der Waals surface area contributed by atoms with E-state index in [1.54, 1.807) is 6.07 Å². The second-order valence-electron chi connectivity index (χ2n) is 1.65. The molecule has 0 saturated carbocycles. The first-order valence-corrected chi connectivity index (χ1v) is 3.21. The van der Waals surface area contributed by atoms with Crippen molar-refractivity contribution in [2.45, 2.75) is 5.12 Å². The number of halogens is 2. The molecule has 0 fully saturated rings. The van der Waals surface area contributed by atoms with E-state index in [9.17, 15) is 0 Å². The topological polar surface area (TPSA) is 48.2 Å². The molecule has 0 radical (unpaired) electrons. The molecule has 0 aliphatic carbocycles. The van der Waals surface area contributed by atoms with Crippen LogP contribution in [0.5, 0.6) is 0 Å². The summed E-state index contributed by atoms with van der Waals surface area (Å²) < 4.78 is 0. The van der Waals surface area contributed by atoms with Crippen molar-refractivity contribution in [1.29, 1.82) is 5.26 Å². The van der Waals surface area contributed by atoms with E-state index in [1.807, 2.05) is 0 Å². The van der Waals surface area contributed by atoms with Crippen LogP contribution in [0.1, 0.15) is 0 Å². The number of hydrogen-bond donors (Lipinski definition) is 1. The number of nitriles is 1. The molecule has 52 valence electrons. The lowest BCUT2D eigenvalue weighted by Gasteiger charge is -2.18. The second-order valence-corrected chi connectivity index (χ2v) is 2.61. The lowest BCUT2D eigenvalue weighted by Crippen LogP contribution is -2.36. The van der Waals surface area contributed by atoms with E-state index in [2.05, 4.69) is 10.3 Å². The highest BCUT2D eigenvalue weighted by Gasteiger charge is 2.26. The van der Waals surface area contributed by atoms with Crippen LogP contribution in [0, 0.1) is 11.3 Å². The summed E-state index contributed by atoms with van der Waals surface area (Å²) in [4.78, 5) is 3.64. The highest BCUT2D eigenvalue weighted by Crippen LogP contribution is 2.17. The number of alkyl halides is 1. The molecule has 1 aliphatic rings. The fraction of sp³-hybridized carbons (Fsp3) is 0.200. The predicted octanol–water partition coefficient (Wildman–Crippen LogP) is 1.16. The van der Waals surface area contributed by atoms with Crippen LogP contribution in [0.2, 0.25) is 0 Å². The van der Waals surface area contributed by atoms with Crippen molar-refractivity contribution in [2.75, 3.05) is 0 Å². The van der Waals surface area contributed by atoms with Gasteiger partial charge in [0.2, 0.25) is 0 Å². The predicted molar refractivity (Wildman–Crippen MR) is 39.8 cm³/mol. The number of nitrogens with one attached hydrogen (secondary N) is 1. The fourth-order valence-electron chi connectivity index (χ4n) is 0.494. The van der Waals surface area contributed by atoms with Crippen LogP contribution in [0.15, 0.2) is 16.2 Å². The highest BCUT2D eigenvalue weighted by atomic mass is 35.5. The molecule has 0 bridgehead atoms. The van der Waals surface area contributed by atoms with Gasteiger partial charge >= 0.3 is 0 Å². The smallest absolute Gasteiger partial charge is 0.297 e. The number of allylic oxidation sites excluding steroid dienone is 1. The van der Waals surface area contributed by atoms with E-state index >= 15 is 0 Å².